The summed E-state index contributed by atoms with van der Waals surface area (Å²) in [6, 6.07) is -10.6. The summed E-state index contributed by atoms with van der Waals surface area (Å²) in [4.78, 5) is 152. The molecule has 1 rings (SSSR count). The van der Waals surface area contributed by atoms with Crippen LogP contribution in [-0.2, 0) is 57.5 Å². The summed E-state index contributed by atoms with van der Waals surface area (Å²) in [6.07, 6.45) is -2.85. The van der Waals surface area contributed by atoms with E-state index in [1.165, 1.54) is 0 Å². The van der Waals surface area contributed by atoms with Crippen molar-refractivity contribution in [1.29, 1.82) is 0 Å². The number of carbonyl (C=O) groups is 12. The lowest BCUT2D eigenvalue weighted by atomic mass is 10.0. The van der Waals surface area contributed by atoms with Gasteiger partial charge >= 0.3 is 17.9 Å². The number of nitrogens with zero attached hydrogens (tertiary/aromatic N) is 1. The molecule has 0 saturated carbocycles. The normalized spacial score (nSPS) is 16.2. The van der Waals surface area contributed by atoms with Crippen LogP contribution < -0.4 is 54.8 Å². The van der Waals surface area contributed by atoms with E-state index in [2.05, 4.69) is 26.6 Å². The molecule has 0 aliphatic carbocycles. The van der Waals surface area contributed by atoms with E-state index in [4.69, 9.17) is 28.0 Å². The van der Waals surface area contributed by atoms with Crippen LogP contribution >= 0.6 is 0 Å². The summed E-state index contributed by atoms with van der Waals surface area (Å²) in [7, 11) is 0. The molecule has 17 N–H and O–H groups in total. The van der Waals surface area contributed by atoms with E-state index in [0.29, 0.717) is 6.42 Å². The first-order valence-electron chi connectivity index (χ1n) is 20.2. The first kappa shape index (κ1) is 54.6. The second kappa shape index (κ2) is 27.5. The van der Waals surface area contributed by atoms with E-state index < -0.39 is 146 Å². The van der Waals surface area contributed by atoms with Crippen LogP contribution in [-0.4, -0.2) is 153 Å². The smallest absolute Gasteiger partial charge is 0.322 e. The summed E-state index contributed by atoms with van der Waals surface area (Å²) in [5.41, 5.74) is 22.0. The summed E-state index contributed by atoms with van der Waals surface area (Å²) in [5.74, 6) is -13.4. The zero-order valence-electron chi connectivity index (χ0n) is 35.2. The van der Waals surface area contributed by atoms with Crippen molar-refractivity contribution in [1.82, 2.24) is 36.8 Å². The van der Waals surface area contributed by atoms with E-state index in [1.807, 2.05) is 19.2 Å². The van der Waals surface area contributed by atoms with Gasteiger partial charge in [0.2, 0.25) is 53.2 Å². The molecule has 0 aromatic carbocycles. The Morgan fingerprint density at radius 3 is 1.70 bits per heavy atom. The minimum absolute atomic E-state index is 0.00772. The first-order valence-corrected chi connectivity index (χ1v) is 20.2. The van der Waals surface area contributed by atoms with Crippen molar-refractivity contribution in [3.05, 3.63) is 0 Å². The molecular formula is C37H61N11O15. The van der Waals surface area contributed by atoms with Gasteiger partial charge in [-0.3, -0.25) is 57.5 Å². The lowest BCUT2D eigenvalue weighted by Gasteiger charge is -2.30. The quantitative estimate of drug-likeness (QED) is 0.0299. The number of carboxylic acid groups (broad SMARTS) is 3. The van der Waals surface area contributed by atoms with E-state index in [-0.39, 0.29) is 64.0 Å². The number of rotatable bonds is 30. The SMILES string of the molecule is CC(C)C[C@H](N)C(=O)N[C@@H](CCC(N)=O)C(=O)N[C@@H](CCCCN)C(=O)N[C@@H](CC(=O)O)C(=O)N[C@@H](CCC(=O)O)C(=O)N1CCC[C@H]1C(=O)N[C@@H](CC(N)=O)C(=O)NCC(=O)O. The van der Waals surface area contributed by atoms with Crippen molar-refractivity contribution in [2.75, 3.05) is 19.6 Å². The van der Waals surface area contributed by atoms with Crippen molar-refractivity contribution < 1.29 is 72.9 Å². The average molecular weight is 900 g/mol. The highest BCUT2D eigenvalue weighted by molar-refractivity contribution is 5.99. The number of hydrogen-bond acceptors (Lipinski definition) is 14. The van der Waals surface area contributed by atoms with Gasteiger partial charge in [-0.1, -0.05) is 13.8 Å². The Balaban J connectivity index is 3.41. The van der Waals surface area contributed by atoms with E-state index in [9.17, 15) is 67.7 Å². The Hall–Kier alpha value is -6.44. The molecule has 0 unspecified atom stereocenters. The molecule has 354 valence electrons. The topological polar surface area (TPSA) is 445 Å². The van der Waals surface area contributed by atoms with Crippen LogP contribution in [0.25, 0.3) is 0 Å². The molecular weight excluding hydrogens is 838 g/mol. The molecule has 63 heavy (non-hydrogen) atoms. The zero-order chi connectivity index (χ0) is 48.0. The maximum Gasteiger partial charge on any atom is 0.322 e. The van der Waals surface area contributed by atoms with Crippen molar-refractivity contribution in [3.63, 3.8) is 0 Å². The second-order valence-electron chi connectivity index (χ2n) is 15.3. The average Bonchev–Trinajstić information content (AvgIpc) is 3.68. The largest absolute Gasteiger partial charge is 0.481 e. The number of nitrogens with two attached hydrogens (primary N) is 4. The third-order valence-electron chi connectivity index (χ3n) is 9.52. The van der Waals surface area contributed by atoms with Gasteiger partial charge < -0.3 is 75.1 Å². The third-order valence-corrected chi connectivity index (χ3v) is 9.52. The number of aliphatic carboxylic acids is 3. The van der Waals surface area contributed by atoms with Crippen LogP contribution in [0.2, 0.25) is 0 Å². The van der Waals surface area contributed by atoms with Gasteiger partial charge in [-0.25, -0.2) is 0 Å². The third kappa shape index (κ3) is 20.8. The van der Waals surface area contributed by atoms with Gasteiger partial charge in [0.15, 0.2) is 0 Å². The molecule has 0 radical (unpaired) electrons. The lowest BCUT2D eigenvalue weighted by molar-refractivity contribution is -0.144. The molecule has 7 atom stereocenters. The van der Waals surface area contributed by atoms with Gasteiger partial charge in [0.25, 0.3) is 0 Å². The fraction of sp³-hybridized carbons (Fsp3) is 0.676. The van der Waals surface area contributed by atoms with Gasteiger partial charge in [0.05, 0.1) is 18.9 Å². The standard InChI is InChI=1S/C37H61N11O15/c1-18(2)14-19(39)31(57)43-21(8-10-26(40)49)34(60)44-20(6-3-4-12-38)33(59)46-24(16-29(53)54)35(61)45-22(9-11-28(51)52)37(63)48-13-5-7-25(48)36(62)47-23(15-27(41)50)32(58)42-17-30(55)56/h18-25H,3-17,38-39H2,1-2H3,(H2,40,49)(H2,41,50)(H,42,58)(H,43,57)(H,44,60)(H,45,61)(H,46,59)(H,47,62)(H,51,52)(H,53,54)(H,55,56)/t19-,20-,21-,22-,23-,24-,25-/m0/s1. The summed E-state index contributed by atoms with van der Waals surface area (Å²) in [5, 5.41) is 41.7. The van der Waals surface area contributed by atoms with Gasteiger partial charge in [0, 0.05) is 19.4 Å². The highest BCUT2D eigenvalue weighted by Crippen LogP contribution is 2.20. The maximum absolute atomic E-state index is 13.9. The first-order chi connectivity index (χ1) is 29.5. The fourth-order valence-corrected chi connectivity index (χ4v) is 6.40. The highest BCUT2D eigenvalue weighted by atomic mass is 16.4. The van der Waals surface area contributed by atoms with Crippen LogP contribution in [0.5, 0.6) is 0 Å². The molecule has 0 spiro atoms. The predicted octanol–water partition coefficient (Wildman–Crippen LogP) is -5.42. The summed E-state index contributed by atoms with van der Waals surface area (Å²) < 4.78 is 0. The molecule has 1 heterocycles. The van der Waals surface area contributed by atoms with Gasteiger partial charge in [-0.05, 0) is 63.8 Å². The zero-order valence-corrected chi connectivity index (χ0v) is 35.2. The molecule has 1 fully saturated rings. The summed E-state index contributed by atoms with van der Waals surface area (Å²) in [6.45, 7) is 2.83. The van der Waals surface area contributed by atoms with Gasteiger partial charge in [0.1, 0.15) is 42.8 Å². The van der Waals surface area contributed by atoms with E-state index >= 15 is 0 Å². The van der Waals surface area contributed by atoms with E-state index in [1.54, 1.807) is 0 Å². The number of nitrogens with one attached hydrogen (secondary N) is 6. The minimum Gasteiger partial charge on any atom is -0.481 e. The Kier molecular flexibility index (Phi) is 23.8. The molecule has 0 aromatic heterocycles. The van der Waals surface area contributed by atoms with Crippen LogP contribution in [0.3, 0.4) is 0 Å². The second-order valence-corrected chi connectivity index (χ2v) is 15.3. The molecule has 1 aliphatic heterocycles. The molecule has 9 amide bonds. The molecule has 26 heteroatoms. The number of likely N-dealkylation sites (tertiary alicyclic amines) is 1. The Labute approximate surface area is 362 Å². The van der Waals surface area contributed by atoms with Crippen LogP contribution in [0.4, 0.5) is 0 Å². The maximum atomic E-state index is 13.9. The number of amides is 9. The summed E-state index contributed by atoms with van der Waals surface area (Å²) >= 11 is 0. The van der Waals surface area contributed by atoms with Crippen molar-refractivity contribution in [2.24, 2.45) is 28.9 Å². The number of carboxylic acids is 3. The number of hydrogen-bond donors (Lipinski definition) is 13. The van der Waals surface area contributed by atoms with Crippen LogP contribution in [0.1, 0.15) is 90.9 Å². The van der Waals surface area contributed by atoms with E-state index in [0.717, 1.165) is 4.90 Å². The Morgan fingerprint density at radius 2 is 1.16 bits per heavy atom. The lowest BCUT2D eigenvalue weighted by Crippen LogP contribution is -2.60. The molecule has 0 bridgehead atoms. The van der Waals surface area contributed by atoms with Crippen molar-refractivity contribution >= 4 is 71.1 Å². The molecule has 1 saturated heterocycles. The number of unbranched alkanes of at least 4 members (excludes halogenated alkanes) is 1. The minimum atomic E-state index is -1.94. The Morgan fingerprint density at radius 1 is 0.619 bits per heavy atom. The fourth-order valence-electron chi connectivity index (χ4n) is 6.40. The number of primary amides is 2. The van der Waals surface area contributed by atoms with Crippen LogP contribution in [0, 0.1) is 5.92 Å². The van der Waals surface area contributed by atoms with Crippen molar-refractivity contribution in [3.8, 4) is 0 Å². The molecule has 1 aliphatic rings. The van der Waals surface area contributed by atoms with Gasteiger partial charge in [-0.15, -0.1) is 0 Å². The van der Waals surface area contributed by atoms with Crippen LogP contribution in [0.15, 0.2) is 0 Å². The highest BCUT2D eigenvalue weighted by Gasteiger charge is 2.40. The molecule has 0 aromatic rings. The van der Waals surface area contributed by atoms with Crippen molar-refractivity contribution in [2.45, 2.75) is 133 Å². The number of carbonyl (C=O) groups excluding carboxylic acids is 9. The van der Waals surface area contributed by atoms with Gasteiger partial charge in [-0.2, -0.15) is 0 Å². The molecule has 26 nitrogen and oxygen atoms in total. The monoisotopic (exact) mass is 899 g/mol. The predicted molar refractivity (Wildman–Crippen MR) is 217 cm³/mol. The Bertz CT molecular complexity index is 1690.